The zero-order chi connectivity index (χ0) is 12.4. The highest BCUT2D eigenvalue weighted by atomic mass is 16.4. The van der Waals surface area contributed by atoms with Crippen LogP contribution in [0.4, 0.5) is 0 Å². The minimum Gasteiger partial charge on any atom is -0.481 e. The predicted molar refractivity (Wildman–Crippen MR) is 59.4 cm³/mol. The van der Waals surface area contributed by atoms with Crippen LogP contribution in [0.5, 0.6) is 0 Å². The first-order chi connectivity index (χ1) is 8.06. The first kappa shape index (κ1) is 12.3. The van der Waals surface area contributed by atoms with Gasteiger partial charge in [0.1, 0.15) is 0 Å². The van der Waals surface area contributed by atoms with E-state index in [0.717, 1.165) is 19.5 Å². The number of carboxylic acid groups (broad SMARTS) is 1. The zero-order valence-corrected chi connectivity index (χ0v) is 9.71. The maximum atomic E-state index is 11.5. The molecule has 2 saturated heterocycles. The highest BCUT2D eigenvalue weighted by Gasteiger charge is 2.35. The average Bonchev–Trinajstić information content (AvgIpc) is 2.58. The van der Waals surface area contributed by atoms with Crippen LogP contribution in [0.15, 0.2) is 0 Å². The van der Waals surface area contributed by atoms with E-state index in [1.807, 2.05) is 9.80 Å². The van der Waals surface area contributed by atoms with Gasteiger partial charge in [-0.25, -0.2) is 0 Å². The van der Waals surface area contributed by atoms with Crippen LogP contribution in [0.2, 0.25) is 0 Å². The minimum atomic E-state index is -0.979. The molecule has 2 atom stereocenters. The molecule has 0 saturated carbocycles. The molecule has 0 bridgehead atoms. The van der Waals surface area contributed by atoms with Crippen LogP contribution >= 0.6 is 0 Å². The van der Waals surface area contributed by atoms with E-state index >= 15 is 0 Å². The molecule has 0 aromatic carbocycles. The van der Waals surface area contributed by atoms with Crippen LogP contribution in [0.25, 0.3) is 0 Å². The summed E-state index contributed by atoms with van der Waals surface area (Å²) in [6.07, 6.45) is 0.459. The SMILES string of the molecule is O=C(O)CC(O)CN1CCN2C(=O)CCC2C1. The smallest absolute Gasteiger partial charge is 0.306 e. The van der Waals surface area contributed by atoms with Crippen LogP contribution < -0.4 is 0 Å². The van der Waals surface area contributed by atoms with Gasteiger partial charge in [-0.3, -0.25) is 14.5 Å². The van der Waals surface area contributed by atoms with Crippen molar-refractivity contribution in [3.63, 3.8) is 0 Å². The van der Waals surface area contributed by atoms with Crippen molar-refractivity contribution in [2.24, 2.45) is 0 Å². The maximum absolute atomic E-state index is 11.5. The number of fused-ring (bicyclic) bond motifs is 1. The highest BCUT2D eigenvalue weighted by Crippen LogP contribution is 2.22. The monoisotopic (exact) mass is 242 g/mol. The molecule has 0 aliphatic carbocycles. The van der Waals surface area contributed by atoms with Crippen molar-refractivity contribution in [2.45, 2.75) is 31.4 Å². The quantitative estimate of drug-likeness (QED) is 0.669. The van der Waals surface area contributed by atoms with Gasteiger partial charge in [0.2, 0.25) is 5.91 Å². The fourth-order valence-corrected chi connectivity index (χ4v) is 2.66. The molecule has 0 spiro atoms. The zero-order valence-electron chi connectivity index (χ0n) is 9.71. The lowest BCUT2D eigenvalue weighted by atomic mass is 10.1. The Morgan fingerprint density at radius 2 is 2.24 bits per heavy atom. The first-order valence-corrected chi connectivity index (χ1v) is 5.98. The third-order valence-electron chi connectivity index (χ3n) is 3.46. The molecule has 2 N–H and O–H groups in total. The van der Waals surface area contributed by atoms with E-state index in [0.29, 0.717) is 19.5 Å². The summed E-state index contributed by atoms with van der Waals surface area (Å²) < 4.78 is 0. The van der Waals surface area contributed by atoms with Gasteiger partial charge >= 0.3 is 5.97 Å². The molecule has 1 amide bonds. The second-order valence-electron chi connectivity index (χ2n) is 4.79. The lowest BCUT2D eigenvalue weighted by Crippen LogP contribution is -2.53. The number of nitrogens with zero attached hydrogens (tertiary/aromatic N) is 2. The molecule has 6 heteroatoms. The summed E-state index contributed by atoms with van der Waals surface area (Å²) in [7, 11) is 0. The molecule has 2 aliphatic heterocycles. The van der Waals surface area contributed by atoms with Gasteiger partial charge in [-0.05, 0) is 6.42 Å². The van der Waals surface area contributed by atoms with Crippen molar-refractivity contribution in [3.8, 4) is 0 Å². The Labute approximate surface area is 99.8 Å². The number of piperazine rings is 1. The Kier molecular flexibility index (Phi) is 3.63. The van der Waals surface area contributed by atoms with Crippen molar-refractivity contribution < 1.29 is 19.8 Å². The van der Waals surface area contributed by atoms with E-state index in [1.54, 1.807) is 0 Å². The summed E-state index contributed by atoms with van der Waals surface area (Å²) in [6.45, 7) is 2.55. The Morgan fingerprint density at radius 1 is 1.47 bits per heavy atom. The number of carboxylic acids is 1. The van der Waals surface area contributed by atoms with Gasteiger partial charge in [0.15, 0.2) is 0 Å². The molecule has 2 unspecified atom stereocenters. The van der Waals surface area contributed by atoms with Gasteiger partial charge in [-0.15, -0.1) is 0 Å². The van der Waals surface area contributed by atoms with Crippen molar-refractivity contribution in [2.75, 3.05) is 26.2 Å². The Bertz CT molecular complexity index is 321. The molecule has 2 rings (SSSR count). The molecule has 0 aromatic heterocycles. The number of aliphatic hydroxyl groups excluding tert-OH is 1. The topological polar surface area (TPSA) is 81.1 Å². The van der Waals surface area contributed by atoms with E-state index < -0.39 is 12.1 Å². The number of hydrogen-bond acceptors (Lipinski definition) is 4. The van der Waals surface area contributed by atoms with Gasteiger partial charge in [-0.2, -0.15) is 0 Å². The minimum absolute atomic E-state index is 0.218. The van der Waals surface area contributed by atoms with E-state index in [1.165, 1.54) is 0 Å². The number of carbonyl (C=O) groups is 2. The van der Waals surface area contributed by atoms with Gasteiger partial charge in [0.25, 0.3) is 0 Å². The number of rotatable bonds is 4. The summed E-state index contributed by atoms with van der Waals surface area (Å²) in [4.78, 5) is 25.9. The summed E-state index contributed by atoms with van der Waals surface area (Å²) in [6, 6.07) is 0.258. The second-order valence-corrected chi connectivity index (χ2v) is 4.79. The maximum Gasteiger partial charge on any atom is 0.306 e. The van der Waals surface area contributed by atoms with Crippen molar-refractivity contribution >= 4 is 11.9 Å². The van der Waals surface area contributed by atoms with Crippen molar-refractivity contribution in [3.05, 3.63) is 0 Å². The van der Waals surface area contributed by atoms with E-state index in [4.69, 9.17) is 5.11 Å². The summed E-state index contributed by atoms with van der Waals surface area (Å²) in [5, 5.41) is 18.1. The fraction of sp³-hybridized carbons (Fsp3) is 0.818. The van der Waals surface area contributed by atoms with Crippen LogP contribution in [-0.4, -0.2) is 70.2 Å². The van der Waals surface area contributed by atoms with Crippen molar-refractivity contribution in [1.29, 1.82) is 0 Å². The van der Waals surface area contributed by atoms with Crippen LogP contribution in [0.3, 0.4) is 0 Å². The lowest BCUT2D eigenvalue weighted by molar-refractivity contribution is -0.139. The van der Waals surface area contributed by atoms with Crippen LogP contribution in [-0.2, 0) is 9.59 Å². The van der Waals surface area contributed by atoms with Gasteiger partial charge in [0.05, 0.1) is 12.5 Å². The molecule has 17 heavy (non-hydrogen) atoms. The number of amides is 1. The van der Waals surface area contributed by atoms with Gasteiger partial charge < -0.3 is 15.1 Å². The highest BCUT2D eigenvalue weighted by molar-refractivity contribution is 5.78. The molecule has 2 heterocycles. The third kappa shape index (κ3) is 2.95. The number of carbonyl (C=O) groups excluding carboxylic acids is 1. The van der Waals surface area contributed by atoms with Crippen LogP contribution in [0.1, 0.15) is 19.3 Å². The van der Waals surface area contributed by atoms with E-state index in [2.05, 4.69) is 0 Å². The Hall–Kier alpha value is -1.14. The lowest BCUT2D eigenvalue weighted by Gasteiger charge is -2.38. The Morgan fingerprint density at radius 3 is 2.94 bits per heavy atom. The van der Waals surface area contributed by atoms with E-state index in [-0.39, 0.29) is 18.4 Å². The van der Waals surface area contributed by atoms with Gasteiger partial charge in [-0.1, -0.05) is 0 Å². The summed E-state index contributed by atoms with van der Waals surface area (Å²) >= 11 is 0. The Balaban J connectivity index is 1.81. The average molecular weight is 242 g/mol. The van der Waals surface area contributed by atoms with Crippen molar-refractivity contribution in [1.82, 2.24) is 9.80 Å². The molecule has 2 fully saturated rings. The standard InChI is InChI=1S/C11H18N2O4/c14-9(5-11(16)17)7-12-3-4-13-8(6-12)1-2-10(13)15/h8-9,14H,1-7H2,(H,16,17). The normalized spacial score (nSPS) is 27.0. The number of hydrogen-bond donors (Lipinski definition) is 2. The molecule has 0 aromatic rings. The molecular weight excluding hydrogens is 224 g/mol. The number of β-amino-alcohol motifs (C(OH)–C–C–N with tert-alkyl or cyclic N) is 1. The second kappa shape index (κ2) is 5.01. The molecule has 96 valence electrons. The predicted octanol–water partition coefficient (Wildman–Crippen LogP) is -0.871. The van der Waals surface area contributed by atoms with E-state index in [9.17, 15) is 14.7 Å². The van der Waals surface area contributed by atoms with Crippen LogP contribution in [0, 0.1) is 0 Å². The number of aliphatic hydroxyl groups is 1. The molecule has 0 radical (unpaired) electrons. The summed E-state index contributed by atoms with van der Waals surface area (Å²) in [5.74, 6) is -0.757. The number of aliphatic carboxylic acids is 1. The molecular formula is C11H18N2O4. The fourth-order valence-electron chi connectivity index (χ4n) is 2.66. The van der Waals surface area contributed by atoms with Gasteiger partial charge in [0, 0.05) is 38.6 Å². The third-order valence-corrected chi connectivity index (χ3v) is 3.46. The summed E-state index contributed by atoms with van der Waals surface area (Å²) in [5.41, 5.74) is 0. The first-order valence-electron chi connectivity index (χ1n) is 5.98. The largest absolute Gasteiger partial charge is 0.481 e. The molecule has 6 nitrogen and oxygen atoms in total. The molecule has 2 aliphatic rings.